The highest BCUT2D eigenvalue weighted by Gasteiger charge is 2.01. The van der Waals surface area contributed by atoms with Gasteiger partial charge in [0.1, 0.15) is 0 Å². The molecule has 0 unspecified atom stereocenters. The molecule has 0 spiro atoms. The minimum absolute atomic E-state index is 0.274. The first kappa shape index (κ1) is 12.2. The standard InChI is InChI=1S/C12H17N3O/c1-9(2)10-4-5-12(15-8-10)16-11(13)6-7-14-3/h4-9H,13H2,1-3H3/b11-6+,14-7?. The van der Waals surface area contributed by atoms with Crippen molar-refractivity contribution < 1.29 is 4.74 Å². The lowest BCUT2D eigenvalue weighted by Crippen LogP contribution is -2.07. The lowest BCUT2D eigenvalue weighted by Gasteiger charge is -2.06. The third-order valence-corrected chi connectivity index (χ3v) is 2.04. The molecule has 1 heterocycles. The fraction of sp³-hybridized carbons (Fsp3) is 0.333. The Bertz CT molecular complexity index is 380. The molecule has 2 N–H and O–H groups in total. The van der Waals surface area contributed by atoms with Gasteiger partial charge in [0.15, 0.2) is 5.88 Å². The van der Waals surface area contributed by atoms with Gasteiger partial charge in [-0.05, 0) is 11.5 Å². The normalized spacial score (nSPS) is 12.4. The van der Waals surface area contributed by atoms with Crippen molar-refractivity contribution in [3.8, 4) is 5.88 Å². The molecule has 0 radical (unpaired) electrons. The molecule has 1 aromatic heterocycles. The fourth-order valence-corrected chi connectivity index (χ4v) is 1.10. The van der Waals surface area contributed by atoms with E-state index in [4.69, 9.17) is 10.5 Å². The molecule has 0 bridgehead atoms. The zero-order chi connectivity index (χ0) is 12.0. The van der Waals surface area contributed by atoms with Crippen LogP contribution in [0.1, 0.15) is 25.3 Å². The first-order chi connectivity index (χ1) is 7.63. The summed E-state index contributed by atoms with van der Waals surface area (Å²) in [7, 11) is 1.67. The monoisotopic (exact) mass is 219 g/mol. The van der Waals surface area contributed by atoms with Crippen LogP contribution in [0, 0.1) is 0 Å². The molecule has 4 nitrogen and oxygen atoms in total. The van der Waals surface area contributed by atoms with Crippen LogP contribution in [0.15, 0.2) is 35.3 Å². The first-order valence-electron chi connectivity index (χ1n) is 5.15. The minimum Gasteiger partial charge on any atom is -0.423 e. The number of hydrogen-bond donors (Lipinski definition) is 1. The summed E-state index contributed by atoms with van der Waals surface area (Å²) in [6.45, 7) is 4.23. The average molecular weight is 219 g/mol. The van der Waals surface area contributed by atoms with Gasteiger partial charge in [0.05, 0.1) is 0 Å². The molecule has 0 aromatic carbocycles. The van der Waals surface area contributed by atoms with Crippen molar-refractivity contribution in [2.75, 3.05) is 7.05 Å². The topological polar surface area (TPSA) is 60.5 Å². The Balaban J connectivity index is 2.68. The lowest BCUT2D eigenvalue weighted by atomic mass is 10.1. The number of rotatable bonds is 4. The van der Waals surface area contributed by atoms with Gasteiger partial charge in [-0.2, -0.15) is 0 Å². The quantitative estimate of drug-likeness (QED) is 0.623. The number of hydrogen-bond acceptors (Lipinski definition) is 4. The van der Waals surface area contributed by atoms with Crippen molar-refractivity contribution in [1.29, 1.82) is 0 Å². The van der Waals surface area contributed by atoms with E-state index in [1.165, 1.54) is 5.56 Å². The molecular formula is C12H17N3O. The molecule has 0 saturated heterocycles. The number of allylic oxidation sites excluding steroid dienone is 1. The Morgan fingerprint density at radius 2 is 2.25 bits per heavy atom. The number of aliphatic imine (C=N–C) groups is 1. The second kappa shape index (κ2) is 5.90. The number of nitrogens with two attached hydrogens (primary N) is 1. The lowest BCUT2D eigenvalue weighted by molar-refractivity contribution is 0.404. The van der Waals surface area contributed by atoms with Crippen molar-refractivity contribution in [2.45, 2.75) is 19.8 Å². The molecular weight excluding hydrogens is 202 g/mol. The second-order valence-corrected chi connectivity index (χ2v) is 3.66. The smallest absolute Gasteiger partial charge is 0.221 e. The van der Waals surface area contributed by atoms with Gasteiger partial charge in [-0.25, -0.2) is 4.98 Å². The fourth-order valence-electron chi connectivity index (χ4n) is 1.10. The van der Waals surface area contributed by atoms with Crippen LogP contribution in [0.3, 0.4) is 0 Å². The van der Waals surface area contributed by atoms with Gasteiger partial charge in [0.25, 0.3) is 0 Å². The van der Waals surface area contributed by atoms with Crippen molar-refractivity contribution in [3.63, 3.8) is 0 Å². The maximum atomic E-state index is 5.60. The largest absolute Gasteiger partial charge is 0.423 e. The molecule has 0 aliphatic rings. The van der Waals surface area contributed by atoms with Gasteiger partial charge < -0.3 is 10.5 Å². The second-order valence-electron chi connectivity index (χ2n) is 3.66. The van der Waals surface area contributed by atoms with Gasteiger partial charge >= 0.3 is 0 Å². The summed E-state index contributed by atoms with van der Waals surface area (Å²) >= 11 is 0. The molecule has 16 heavy (non-hydrogen) atoms. The molecule has 0 amide bonds. The van der Waals surface area contributed by atoms with E-state index in [0.717, 1.165) is 0 Å². The van der Waals surface area contributed by atoms with E-state index in [9.17, 15) is 0 Å². The Kier molecular flexibility index (Phi) is 4.51. The predicted molar refractivity (Wildman–Crippen MR) is 65.6 cm³/mol. The van der Waals surface area contributed by atoms with Gasteiger partial charge in [-0.3, -0.25) is 4.99 Å². The number of nitrogens with zero attached hydrogens (tertiary/aromatic N) is 2. The molecule has 86 valence electrons. The van der Waals surface area contributed by atoms with Crippen LogP contribution in [-0.4, -0.2) is 18.2 Å². The van der Waals surface area contributed by atoms with E-state index in [-0.39, 0.29) is 5.88 Å². The highest BCUT2D eigenvalue weighted by Crippen LogP contribution is 2.16. The van der Waals surface area contributed by atoms with Gasteiger partial charge in [0.2, 0.25) is 5.88 Å². The van der Waals surface area contributed by atoms with E-state index in [0.29, 0.717) is 11.8 Å². The molecule has 0 aliphatic carbocycles. The van der Waals surface area contributed by atoms with Crippen LogP contribution < -0.4 is 10.5 Å². The number of ether oxygens (including phenoxy) is 1. The summed E-state index contributed by atoms with van der Waals surface area (Å²) in [6.07, 6.45) is 4.94. The molecule has 0 aliphatic heterocycles. The van der Waals surface area contributed by atoms with Gasteiger partial charge in [-0.1, -0.05) is 19.9 Å². The maximum Gasteiger partial charge on any atom is 0.221 e. The predicted octanol–water partition coefficient (Wildman–Crippen LogP) is 2.08. The highest BCUT2D eigenvalue weighted by atomic mass is 16.5. The van der Waals surface area contributed by atoms with Crippen molar-refractivity contribution in [3.05, 3.63) is 35.9 Å². The van der Waals surface area contributed by atoms with E-state index < -0.39 is 0 Å². The van der Waals surface area contributed by atoms with Crippen LogP contribution in [0.25, 0.3) is 0 Å². The highest BCUT2D eigenvalue weighted by molar-refractivity contribution is 5.71. The summed E-state index contributed by atoms with van der Waals surface area (Å²) < 4.78 is 5.29. The molecule has 0 atom stereocenters. The molecule has 0 fully saturated rings. The Morgan fingerprint density at radius 1 is 1.50 bits per heavy atom. The van der Waals surface area contributed by atoms with Crippen LogP contribution in [0.5, 0.6) is 5.88 Å². The zero-order valence-corrected chi connectivity index (χ0v) is 9.84. The summed E-state index contributed by atoms with van der Waals surface area (Å²) in [6, 6.07) is 3.79. The van der Waals surface area contributed by atoms with Crippen molar-refractivity contribution in [2.24, 2.45) is 10.7 Å². The summed E-state index contributed by atoms with van der Waals surface area (Å²) in [5.41, 5.74) is 6.77. The Morgan fingerprint density at radius 3 is 2.75 bits per heavy atom. The minimum atomic E-state index is 0.274. The van der Waals surface area contributed by atoms with E-state index in [1.54, 1.807) is 31.6 Å². The van der Waals surface area contributed by atoms with E-state index in [1.807, 2.05) is 6.07 Å². The summed E-state index contributed by atoms with van der Waals surface area (Å²) in [5.74, 6) is 1.22. The SMILES string of the molecule is CN=C/C=C(\N)Oc1ccc(C(C)C)cn1. The van der Waals surface area contributed by atoms with Crippen LogP contribution in [0.2, 0.25) is 0 Å². The first-order valence-corrected chi connectivity index (χ1v) is 5.15. The van der Waals surface area contributed by atoms with Gasteiger partial charge in [0, 0.05) is 31.6 Å². The number of pyridine rings is 1. The van der Waals surface area contributed by atoms with Gasteiger partial charge in [-0.15, -0.1) is 0 Å². The van der Waals surface area contributed by atoms with Crippen molar-refractivity contribution in [1.82, 2.24) is 4.98 Å². The van der Waals surface area contributed by atoms with Crippen LogP contribution in [-0.2, 0) is 0 Å². The Labute approximate surface area is 95.9 Å². The van der Waals surface area contributed by atoms with Crippen LogP contribution >= 0.6 is 0 Å². The Hall–Kier alpha value is -1.84. The van der Waals surface area contributed by atoms with Crippen molar-refractivity contribution >= 4 is 6.21 Å². The number of aromatic nitrogens is 1. The third-order valence-electron chi connectivity index (χ3n) is 2.04. The van der Waals surface area contributed by atoms with Crippen LogP contribution in [0.4, 0.5) is 0 Å². The van der Waals surface area contributed by atoms with E-state index >= 15 is 0 Å². The molecule has 1 rings (SSSR count). The third kappa shape index (κ3) is 3.73. The molecule has 0 saturated carbocycles. The zero-order valence-electron chi connectivity index (χ0n) is 9.84. The molecule has 1 aromatic rings. The average Bonchev–Trinajstić information content (AvgIpc) is 2.27. The molecule has 4 heteroatoms. The summed E-state index contributed by atoms with van der Waals surface area (Å²) in [5, 5.41) is 0. The van der Waals surface area contributed by atoms with E-state index in [2.05, 4.69) is 23.8 Å². The maximum absolute atomic E-state index is 5.60. The summed E-state index contributed by atoms with van der Waals surface area (Å²) in [4.78, 5) is 7.93.